The Kier molecular flexibility index (Phi) is 6.00. The van der Waals surface area contributed by atoms with E-state index in [4.69, 9.17) is 4.74 Å². The summed E-state index contributed by atoms with van der Waals surface area (Å²) in [6.07, 6.45) is 0. The molecule has 134 valence electrons. The fourth-order valence-electron chi connectivity index (χ4n) is 2.58. The van der Waals surface area contributed by atoms with Gasteiger partial charge in [-0.3, -0.25) is 0 Å². The number of hydrogen-bond donors (Lipinski definition) is 0. The lowest BCUT2D eigenvalue weighted by molar-refractivity contribution is 0.404. The van der Waals surface area contributed by atoms with E-state index in [0.717, 1.165) is 10.6 Å². The van der Waals surface area contributed by atoms with E-state index < -0.39 is 0 Å². The van der Waals surface area contributed by atoms with Crippen LogP contribution in [0, 0.1) is 0 Å². The van der Waals surface area contributed by atoms with Gasteiger partial charge in [0.1, 0.15) is 5.75 Å². The summed E-state index contributed by atoms with van der Waals surface area (Å²) in [6, 6.07) is 25.5. The van der Waals surface area contributed by atoms with E-state index in [1.54, 1.807) is 30.6 Å². The minimum Gasteiger partial charge on any atom is -0.496 e. The Labute approximate surface area is 165 Å². The molecule has 3 rings (SSSR count). The Morgan fingerprint density at radius 1 is 0.692 bits per heavy atom. The van der Waals surface area contributed by atoms with E-state index in [0.29, 0.717) is 0 Å². The fourth-order valence-corrected chi connectivity index (χ4v) is 4.68. The lowest BCUT2D eigenvalue weighted by atomic mass is 9.87. The first-order chi connectivity index (χ1) is 12.5. The summed E-state index contributed by atoms with van der Waals surface area (Å²) < 4.78 is 5.62. The van der Waals surface area contributed by atoms with Gasteiger partial charge >= 0.3 is 0 Å². The molecule has 0 radical (unpaired) electrons. The number of ether oxygens (including phenoxy) is 1. The summed E-state index contributed by atoms with van der Waals surface area (Å²) in [7, 11) is 1.74. The average molecular weight is 381 g/mol. The van der Waals surface area contributed by atoms with Gasteiger partial charge in [-0.05, 0) is 47.4 Å². The van der Waals surface area contributed by atoms with Gasteiger partial charge in [-0.1, -0.05) is 80.7 Å². The molecule has 0 amide bonds. The maximum Gasteiger partial charge on any atom is 0.132 e. The van der Waals surface area contributed by atoms with E-state index in [-0.39, 0.29) is 5.41 Å². The van der Waals surface area contributed by atoms with E-state index in [1.165, 1.54) is 20.2 Å². The SMILES string of the molecule is COc1ccc(C(C)(C)C)cc1Sc1ccccc1Sc1ccccc1. The summed E-state index contributed by atoms with van der Waals surface area (Å²) in [5, 5.41) is 0. The number of hydrogen-bond acceptors (Lipinski definition) is 3. The third-order valence-electron chi connectivity index (χ3n) is 4.07. The molecule has 0 heterocycles. The van der Waals surface area contributed by atoms with Crippen LogP contribution in [0.15, 0.2) is 92.4 Å². The number of methoxy groups -OCH3 is 1. The summed E-state index contributed by atoms with van der Waals surface area (Å²) in [5.74, 6) is 0.919. The Morgan fingerprint density at radius 2 is 1.31 bits per heavy atom. The first kappa shape index (κ1) is 18.9. The van der Waals surface area contributed by atoms with Crippen LogP contribution in [-0.2, 0) is 5.41 Å². The van der Waals surface area contributed by atoms with Gasteiger partial charge in [0.05, 0.1) is 12.0 Å². The molecule has 0 bridgehead atoms. The zero-order valence-corrected chi connectivity index (χ0v) is 17.3. The molecule has 0 N–H and O–H groups in total. The molecule has 1 nitrogen and oxygen atoms in total. The van der Waals surface area contributed by atoms with Crippen LogP contribution in [0.1, 0.15) is 26.3 Å². The van der Waals surface area contributed by atoms with Gasteiger partial charge in [0, 0.05) is 14.7 Å². The summed E-state index contributed by atoms with van der Waals surface area (Å²) in [4.78, 5) is 4.90. The van der Waals surface area contributed by atoms with Crippen molar-refractivity contribution in [2.45, 2.75) is 45.8 Å². The highest BCUT2D eigenvalue weighted by Crippen LogP contribution is 2.42. The van der Waals surface area contributed by atoms with Crippen LogP contribution < -0.4 is 4.74 Å². The van der Waals surface area contributed by atoms with Gasteiger partial charge in [-0.2, -0.15) is 0 Å². The monoisotopic (exact) mass is 380 g/mol. The number of benzene rings is 3. The van der Waals surface area contributed by atoms with Gasteiger partial charge in [0.15, 0.2) is 0 Å². The largest absolute Gasteiger partial charge is 0.496 e. The molecule has 0 spiro atoms. The maximum absolute atomic E-state index is 5.62. The zero-order chi connectivity index (χ0) is 18.6. The highest BCUT2D eigenvalue weighted by molar-refractivity contribution is 8.02. The van der Waals surface area contributed by atoms with Crippen molar-refractivity contribution >= 4 is 23.5 Å². The second-order valence-corrected chi connectivity index (χ2v) is 9.28. The van der Waals surface area contributed by atoms with Crippen molar-refractivity contribution in [1.82, 2.24) is 0 Å². The molecular formula is C23H24OS2. The van der Waals surface area contributed by atoms with E-state index in [2.05, 4.69) is 87.5 Å². The van der Waals surface area contributed by atoms with Crippen LogP contribution in [0.25, 0.3) is 0 Å². The molecular weight excluding hydrogens is 356 g/mol. The third kappa shape index (κ3) is 4.66. The van der Waals surface area contributed by atoms with Gasteiger partial charge in [-0.15, -0.1) is 0 Å². The summed E-state index contributed by atoms with van der Waals surface area (Å²) in [5.41, 5.74) is 1.42. The van der Waals surface area contributed by atoms with Gasteiger partial charge in [-0.25, -0.2) is 0 Å². The third-order valence-corrected chi connectivity index (χ3v) is 6.40. The maximum atomic E-state index is 5.62. The summed E-state index contributed by atoms with van der Waals surface area (Å²) in [6.45, 7) is 6.72. The van der Waals surface area contributed by atoms with Gasteiger partial charge in [0.2, 0.25) is 0 Å². The Balaban J connectivity index is 1.94. The molecule has 0 unspecified atom stereocenters. The molecule has 0 aromatic heterocycles. The van der Waals surface area contributed by atoms with Crippen LogP contribution in [0.2, 0.25) is 0 Å². The molecule has 0 saturated carbocycles. The van der Waals surface area contributed by atoms with E-state index >= 15 is 0 Å². The predicted molar refractivity (Wildman–Crippen MR) is 113 cm³/mol. The van der Waals surface area contributed by atoms with Crippen LogP contribution >= 0.6 is 23.5 Å². The Morgan fingerprint density at radius 3 is 1.92 bits per heavy atom. The molecule has 0 saturated heterocycles. The van der Waals surface area contributed by atoms with Crippen LogP contribution in [-0.4, -0.2) is 7.11 Å². The van der Waals surface area contributed by atoms with Crippen LogP contribution in [0.3, 0.4) is 0 Å². The van der Waals surface area contributed by atoms with Crippen molar-refractivity contribution in [3.63, 3.8) is 0 Å². The molecule has 0 aliphatic rings. The molecule has 0 fully saturated rings. The van der Waals surface area contributed by atoms with Crippen molar-refractivity contribution in [3.8, 4) is 5.75 Å². The smallest absolute Gasteiger partial charge is 0.132 e. The average Bonchev–Trinajstić information content (AvgIpc) is 2.63. The van der Waals surface area contributed by atoms with Crippen molar-refractivity contribution in [3.05, 3.63) is 78.4 Å². The van der Waals surface area contributed by atoms with Crippen molar-refractivity contribution in [2.75, 3.05) is 7.11 Å². The van der Waals surface area contributed by atoms with E-state index in [9.17, 15) is 0 Å². The normalized spacial score (nSPS) is 11.4. The Bertz CT molecular complexity index is 867. The minimum absolute atomic E-state index is 0.111. The second-order valence-electron chi connectivity index (χ2n) is 7.08. The molecule has 3 heteroatoms. The fraction of sp³-hybridized carbons (Fsp3) is 0.217. The summed E-state index contributed by atoms with van der Waals surface area (Å²) >= 11 is 3.56. The Hall–Kier alpha value is -1.84. The van der Waals surface area contributed by atoms with Crippen LogP contribution in [0.5, 0.6) is 5.75 Å². The molecule has 0 atom stereocenters. The molecule has 0 aliphatic heterocycles. The molecule has 3 aromatic rings. The molecule has 26 heavy (non-hydrogen) atoms. The lowest BCUT2D eigenvalue weighted by Gasteiger charge is -2.21. The predicted octanol–water partition coefficient (Wildman–Crippen LogP) is 7.30. The molecule has 3 aromatic carbocycles. The topological polar surface area (TPSA) is 9.23 Å². The van der Waals surface area contributed by atoms with Gasteiger partial charge < -0.3 is 4.74 Å². The van der Waals surface area contributed by atoms with Crippen LogP contribution in [0.4, 0.5) is 0 Å². The zero-order valence-electron chi connectivity index (χ0n) is 15.7. The standard InChI is InChI=1S/C23H24OS2/c1-23(2,3)17-14-15-19(24-4)22(16-17)26-21-13-9-8-12-20(21)25-18-10-6-5-7-11-18/h5-16H,1-4H3. The van der Waals surface area contributed by atoms with Gasteiger partial charge in [0.25, 0.3) is 0 Å². The quantitative estimate of drug-likeness (QED) is 0.460. The van der Waals surface area contributed by atoms with Crippen molar-refractivity contribution in [1.29, 1.82) is 0 Å². The minimum atomic E-state index is 0.111. The second kappa shape index (κ2) is 8.24. The molecule has 0 aliphatic carbocycles. The van der Waals surface area contributed by atoms with Crippen molar-refractivity contribution in [2.24, 2.45) is 0 Å². The lowest BCUT2D eigenvalue weighted by Crippen LogP contribution is -2.11. The van der Waals surface area contributed by atoms with E-state index in [1.807, 2.05) is 6.07 Å². The number of rotatable bonds is 5. The van der Waals surface area contributed by atoms with Crippen molar-refractivity contribution < 1.29 is 4.74 Å². The highest BCUT2D eigenvalue weighted by atomic mass is 32.2. The highest BCUT2D eigenvalue weighted by Gasteiger charge is 2.17. The first-order valence-corrected chi connectivity index (χ1v) is 10.3. The first-order valence-electron chi connectivity index (χ1n) is 8.65.